The van der Waals surface area contributed by atoms with Gasteiger partial charge in [-0.1, -0.05) is 24.4 Å². The summed E-state index contributed by atoms with van der Waals surface area (Å²) in [5.74, 6) is 0.292. The molecule has 3 aromatic rings. The monoisotopic (exact) mass is 375 g/mol. The molecular formula is C21H13NO4S. The highest BCUT2D eigenvalue weighted by molar-refractivity contribution is 7.80. The Kier molecular flexibility index (Phi) is 3.48. The highest BCUT2D eigenvalue weighted by atomic mass is 32.1. The third kappa shape index (κ3) is 2.74. The molecule has 2 aliphatic heterocycles. The Morgan fingerprint density at radius 1 is 1.04 bits per heavy atom. The molecule has 1 saturated heterocycles. The van der Waals surface area contributed by atoms with Gasteiger partial charge in [0.25, 0.3) is 0 Å². The van der Waals surface area contributed by atoms with Crippen LogP contribution < -0.4 is 5.32 Å². The van der Waals surface area contributed by atoms with E-state index in [2.05, 4.69) is 5.32 Å². The molecule has 0 atom stereocenters. The second-order valence-electron chi connectivity index (χ2n) is 6.56. The molecule has 1 aromatic heterocycles. The summed E-state index contributed by atoms with van der Waals surface area (Å²) in [5, 5.41) is 3.84. The first-order chi connectivity index (χ1) is 13.1. The molecule has 1 fully saturated rings. The number of ketones is 1. The topological polar surface area (TPSA) is 68.5 Å². The van der Waals surface area contributed by atoms with Gasteiger partial charge in [-0.15, -0.1) is 0 Å². The molecule has 0 bridgehead atoms. The quantitative estimate of drug-likeness (QED) is 0.415. The Morgan fingerprint density at radius 3 is 2.67 bits per heavy atom. The molecule has 0 spiro atoms. The van der Waals surface area contributed by atoms with Crippen molar-refractivity contribution in [2.24, 2.45) is 0 Å². The Labute approximate surface area is 159 Å². The number of rotatable bonds is 2. The predicted octanol–water partition coefficient (Wildman–Crippen LogP) is 4.00. The van der Waals surface area contributed by atoms with Gasteiger partial charge in [0.15, 0.2) is 5.78 Å². The number of ether oxygens (including phenoxy) is 1. The maximum Gasteiger partial charge on any atom is 0.338 e. The number of carbonyl (C=O) groups excluding carboxylic acids is 2. The highest BCUT2D eigenvalue weighted by Gasteiger charge is 2.22. The van der Waals surface area contributed by atoms with Crippen LogP contribution in [0.2, 0.25) is 0 Å². The first-order valence-corrected chi connectivity index (χ1v) is 8.86. The van der Waals surface area contributed by atoms with Crippen molar-refractivity contribution in [2.45, 2.75) is 13.0 Å². The third-order valence-electron chi connectivity index (χ3n) is 4.73. The van der Waals surface area contributed by atoms with E-state index in [1.165, 1.54) is 0 Å². The number of Topliss-reactive ketones (excluding diaryl/α,β-unsaturated/α-hetero) is 1. The number of nitrogens with one attached hydrogen (secondary N) is 1. The lowest BCUT2D eigenvalue weighted by atomic mass is 9.99. The van der Waals surface area contributed by atoms with E-state index in [4.69, 9.17) is 21.4 Å². The van der Waals surface area contributed by atoms with Crippen LogP contribution in [0.3, 0.4) is 0 Å². The minimum absolute atomic E-state index is 0.0314. The zero-order valence-electron chi connectivity index (χ0n) is 14.1. The standard InChI is InChI=1S/C21H13NO4S/c23-18-9-20(27)22-17(18)8-15-7-13-5-12(2-4-19(13)26-15)11-1-3-16-14(6-11)10-25-21(16)24/h1-8H,9-10H2,(H,22,27)/b17-8+. The van der Waals surface area contributed by atoms with E-state index < -0.39 is 0 Å². The summed E-state index contributed by atoms with van der Waals surface area (Å²) in [7, 11) is 0. The molecule has 2 aliphatic rings. The third-order valence-corrected chi connectivity index (χ3v) is 4.98. The molecule has 0 unspecified atom stereocenters. The molecule has 1 N–H and O–H groups in total. The summed E-state index contributed by atoms with van der Waals surface area (Å²) >= 11 is 5.03. The number of furan rings is 1. The van der Waals surface area contributed by atoms with E-state index in [1.807, 2.05) is 36.4 Å². The molecule has 5 nitrogen and oxygen atoms in total. The van der Waals surface area contributed by atoms with Crippen molar-refractivity contribution in [3.63, 3.8) is 0 Å². The van der Waals surface area contributed by atoms with Crippen molar-refractivity contribution >= 4 is 46.0 Å². The lowest BCUT2D eigenvalue weighted by Gasteiger charge is -2.03. The fourth-order valence-electron chi connectivity index (χ4n) is 3.39. The number of cyclic esters (lactones) is 1. The fraction of sp³-hybridized carbons (Fsp3) is 0.0952. The van der Waals surface area contributed by atoms with Gasteiger partial charge in [0.05, 0.1) is 22.7 Å². The summed E-state index contributed by atoms with van der Waals surface area (Å²) in [6, 6.07) is 13.5. The van der Waals surface area contributed by atoms with Gasteiger partial charge in [-0.25, -0.2) is 4.79 Å². The number of carbonyl (C=O) groups is 2. The largest absolute Gasteiger partial charge is 0.457 e. The van der Waals surface area contributed by atoms with Crippen LogP contribution >= 0.6 is 12.2 Å². The fourth-order valence-corrected chi connectivity index (χ4v) is 3.63. The van der Waals surface area contributed by atoms with Crippen LogP contribution in [0.15, 0.2) is 52.6 Å². The second-order valence-corrected chi connectivity index (χ2v) is 7.05. The van der Waals surface area contributed by atoms with Crippen molar-refractivity contribution < 1.29 is 18.7 Å². The van der Waals surface area contributed by atoms with Gasteiger partial charge in [-0.2, -0.15) is 0 Å². The van der Waals surface area contributed by atoms with Crippen molar-refractivity contribution in [3.8, 4) is 11.1 Å². The minimum atomic E-state index is -0.269. The van der Waals surface area contributed by atoms with Crippen LogP contribution in [0, 0.1) is 0 Å². The first kappa shape index (κ1) is 16.0. The van der Waals surface area contributed by atoms with Crippen molar-refractivity contribution in [1.82, 2.24) is 5.32 Å². The summed E-state index contributed by atoms with van der Waals surface area (Å²) in [4.78, 5) is 24.0. The first-order valence-electron chi connectivity index (χ1n) is 8.45. The summed E-state index contributed by atoms with van der Waals surface area (Å²) < 4.78 is 10.9. The number of fused-ring (bicyclic) bond motifs is 2. The molecule has 2 aromatic carbocycles. The zero-order chi connectivity index (χ0) is 18.5. The van der Waals surface area contributed by atoms with Crippen molar-refractivity contribution in [2.75, 3.05) is 0 Å². The molecule has 132 valence electrons. The van der Waals surface area contributed by atoms with Crippen molar-refractivity contribution in [3.05, 3.63) is 65.0 Å². The van der Waals surface area contributed by atoms with E-state index in [1.54, 1.807) is 12.1 Å². The number of allylic oxidation sites excluding steroid dienone is 1. The van der Waals surface area contributed by atoms with E-state index >= 15 is 0 Å². The number of hydrogen-bond donors (Lipinski definition) is 1. The normalized spacial score (nSPS) is 17.5. The molecule has 6 heteroatoms. The smallest absolute Gasteiger partial charge is 0.338 e. The molecule has 0 saturated carbocycles. The average Bonchev–Trinajstić information content (AvgIpc) is 3.31. The Bertz CT molecular complexity index is 1190. The van der Waals surface area contributed by atoms with E-state index in [9.17, 15) is 9.59 Å². The van der Waals surface area contributed by atoms with Crippen molar-refractivity contribution in [1.29, 1.82) is 0 Å². The summed E-state index contributed by atoms with van der Waals surface area (Å²) in [6.45, 7) is 0.316. The molecule has 0 amide bonds. The number of esters is 1. The Hall–Kier alpha value is -3.25. The minimum Gasteiger partial charge on any atom is -0.457 e. The van der Waals surface area contributed by atoms with Crippen LogP contribution in [0.4, 0.5) is 0 Å². The van der Waals surface area contributed by atoms with Gasteiger partial charge in [-0.3, -0.25) is 4.79 Å². The van der Waals surface area contributed by atoms with Gasteiger partial charge >= 0.3 is 5.97 Å². The van der Waals surface area contributed by atoms with Gasteiger partial charge in [0.1, 0.15) is 18.0 Å². The zero-order valence-corrected chi connectivity index (χ0v) is 14.9. The lowest BCUT2D eigenvalue weighted by molar-refractivity contribution is -0.114. The number of thiocarbonyl (C=S) groups is 1. The maximum absolute atomic E-state index is 11.9. The van der Waals surface area contributed by atoms with Crippen LogP contribution in [-0.4, -0.2) is 16.7 Å². The maximum atomic E-state index is 11.9. The van der Waals surface area contributed by atoms with E-state index in [0.29, 0.717) is 28.6 Å². The predicted molar refractivity (Wildman–Crippen MR) is 104 cm³/mol. The van der Waals surface area contributed by atoms with Crippen LogP contribution in [0.25, 0.3) is 28.2 Å². The second kappa shape index (κ2) is 5.89. The molecule has 0 radical (unpaired) electrons. The van der Waals surface area contributed by atoms with Gasteiger partial charge in [-0.05, 0) is 41.5 Å². The molecule has 3 heterocycles. The highest BCUT2D eigenvalue weighted by Crippen LogP contribution is 2.30. The Morgan fingerprint density at radius 2 is 1.85 bits per heavy atom. The SMILES string of the molecule is O=C1CC(=S)N/C1=C/c1cc2cc(-c3ccc4c(c3)COC4=O)ccc2o1. The molecule has 27 heavy (non-hydrogen) atoms. The van der Waals surface area contributed by atoms with Crippen LogP contribution in [-0.2, 0) is 16.1 Å². The number of benzene rings is 2. The van der Waals surface area contributed by atoms with E-state index in [0.717, 1.165) is 27.7 Å². The molecule has 0 aliphatic carbocycles. The van der Waals surface area contributed by atoms with Gasteiger partial charge < -0.3 is 14.5 Å². The Balaban J connectivity index is 1.51. The lowest BCUT2D eigenvalue weighted by Crippen LogP contribution is -2.10. The number of hydrogen-bond acceptors (Lipinski definition) is 5. The van der Waals surface area contributed by atoms with Gasteiger partial charge in [0.2, 0.25) is 0 Å². The summed E-state index contributed by atoms with van der Waals surface area (Å²) in [6.07, 6.45) is 1.93. The average molecular weight is 375 g/mol. The molecule has 5 rings (SSSR count). The van der Waals surface area contributed by atoms with Crippen LogP contribution in [0.5, 0.6) is 0 Å². The van der Waals surface area contributed by atoms with Gasteiger partial charge in [0, 0.05) is 17.0 Å². The van der Waals surface area contributed by atoms with E-state index in [-0.39, 0.29) is 18.2 Å². The summed E-state index contributed by atoms with van der Waals surface area (Å²) in [5.41, 5.74) is 4.75. The van der Waals surface area contributed by atoms with Crippen LogP contribution in [0.1, 0.15) is 28.1 Å². The molecular weight excluding hydrogens is 362 g/mol.